The third kappa shape index (κ3) is 5.51. The zero-order valence-electron chi connectivity index (χ0n) is 19.0. The summed E-state index contributed by atoms with van der Waals surface area (Å²) in [6.07, 6.45) is -6.85. The van der Waals surface area contributed by atoms with Gasteiger partial charge in [-0.2, -0.15) is 13.2 Å². The fourth-order valence-electron chi connectivity index (χ4n) is 3.69. The summed E-state index contributed by atoms with van der Waals surface area (Å²) in [4.78, 5) is 31.5. The molecule has 37 heavy (non-hydrogen) atoms. The van der Waals surface area contributed by atoms with Crippen molar-refractivity contribution in [1.29, 1.82) is 0 Å². The largest absolute Gasteiger partial charge is 0.469 e. The summed E-state index contributed by atoms with van der Waals surface area (Å²) in [6.45, 7) is 2.26. The van der Waals surface area contributed by atoms with Gasteiger partial charge in [-0.3, -0.25) is 14.3 Å². The summed E-state index contributed by atoms with van der Waals surface area (Å²) in [7, 11) is 0. The van der Waals surface area contributed by atoms with Crippen molar-refractivity contribution in [3.05, 3.63) is 77.5 Å². The van der Waals surface area contributed by atoms with Gasteiger partial charge >= 0.3 is 11.9 Å². The maximum absolute atomic E-state index is 12.9. The van der Waals surface area contributed by atoms with Crippen LogP contribution in [0.3, 0.4) is 0 Å². The van der Waals surface area contributed by atoms with Gasteiger partial charge in [-0.25, -0.2) is 9.78 Å². The van der Waals surface area contributed by atoms with Crippen molar-refractivity contribution in [3.8, 4) is 16.3 Å². The second-order valence-corrected chi connectivity index (χ2v) is 10.4. The Morgan fingerprint density at radius 1 is 1.19 bits per heavy atom. The van der Waals surface area contributed by atoms with Gasteiger partial charge in [0.1, 0.15) is 16.0 Å². The molecule has 0 aliphatic rings. The molecule has 0 spiro atoms. The Labute approximate surface area is 226 Å². The van der Waals surface area contributed by atoms with Gasteiger partial charge in [0.05, 0.1) is 11.9 Å². The first-order chi connectivity index (χ1) is 17.3. The monoisotopic (exact) mass is 593 g/mol. The third-order valence-corrected chi connectivity index (χ3v) is 7.75. The van der Waals surface area contributed by atoms with Crippen LogP contribution in [0.1, 0.15) is 24.2 Å². The molecule has 196 valence electrons. The molecule has 0 saturated heterocycles. The molecule has 0 aliphatic carbocycles. The number of aromatic nitrogens is 3. The summed E-state index contributed by atoms with van der Waals surface area (Å²) >= 11 is 19.5. The van der Waals surface area contributed by atoms with Crippen molar-refractivity contribution in [3.63, 3.8) is 0 Å². The Bertz CT molecular complexity index is 1620. The number of fused-ring (bicyclic) bond motifs is 1. The van der Waals surface area contributed by atoms with E-state index in [0.717, 1.165) is 11.3 Å². The van der Waals surface area contributed by atoms with Crippen molar-refractivity contribution in [2.45, 2.75) is 38.8 Å². The predicted octanol–water partition coefficient (Wildman–Crippen LogP) is 6.15. The van der Waals surface area contributed by atoms with Gasteiger partial charge < -0.3 is 9.84 Å². The van der Waals surface area contributed by atoms with Gasteiger partial charge in [-0.15, -0.1) is 11.3 Å². The van der Waals surface area contributed by atoms with Crippen molar-refractivity contribution in [1.82, 2.24) is 14.5 Å². The SMILES string of the molecule is Cc1c(-c2cnc(OC(C)c3ccc(Cl)cc3Cl)c(Cl)c2)sc2c1c(=O)[nH]c(=O)n2C[C@@H](O)C(F)(F)F. The first-order valence-corrected chi connectivity index (χ1v) is 12.5. The highest BCUT2D eigenvalue weighted by Gasteiger charge is 2.39. The molecular weight excluding hydrogens is 578 g/mol. The zero-order valence-corrected chi connectivity index (χ0v) is 22.1. The molecule has 0 radical (unpaired) electrons. The van der Waals surface area contributed by atoms with Crippen LogP contribution in [0.4, 0.5) is 13.2 Å². The van der Waals surface area contributed by atoms with Gasteiger partial charge in [0.2, 0.25) is 5.88 Å². The molecule has 0 fully saturated rings. The molecule has 0 amide bonds. The van der Waals surface area contributed by atoms with E-state index < -0.39 is 36.2 Å². The number of halogens is 6. The number of pyridine rings is 1. The highest BCUT2D eigenvalue weighted by atomic mass is 35.5. The van der Waals surface area contributed by atoms with Crippen molar-refractivity contribution >= 4 is 56.4 Å². The molecule has 4 rings (SSSR count). The van der Waals surface area contributed by atoms with Crippen LogP contribution < -0.4 is 16.0 Å². The van der Waals surface area contributed by atoms with Crippen LogP contribution in [0.5, 0.6) is 5.88 Å². The number of ether oxygens (including phenoxy) is 1. The second kappa shape index (κ2) is 10.3. The molecule has 3 heterocycles. The van der Waals surface area contributed by atoms with E-state index in [1.807, 2.05) is 4.98 Å². The highest BCUT2D eigenvalue weighted by molar-refractivity contribution is 7.22. The van der Waals surface area contributed by atoms with Crippen LogP contribution >= 0.6 is 46.1 Å². The third-order valence-electron chi connectivity index (χ3n) is 5.56. The Morgan fingerprint density at radius 2 is 1.89 bits per heavy atom. The van der Waals surface area contributed by atoms with Gasteiger partial charge in [-0.05, 0) is 37.6 Å². The number of aryl methyl sites for hydroxylation is 1. The number of thiophene rings is 1. The lowest BCUT2D eigenvalue weighted by molar-refractivity contribution is -0.207. The standard InChI is InChI=1S/C23H17Cl3F3N3O4S/c1-9-17-19(34)31-22(35)32(8-16(33)23(27,28)29)21(17)37-18(9)11-5-15(26)20(30-7-11)36-10(2)13-4-3-12(24)6-14(13)25/h3-7,10,16,33H,8H2,1-2H3,(H,31,34,35)/t10?,16-/m1/s1. The van der Waals surface area contributed by atoms with Gasteiger partial charge in [0, 0.05) is 32.2 Å². The van der Waals surface area contributed by atoms with E-state index in [1.165, 1.54) is 12.3 Å². The van der Waals surface area contributed by atoms with Crippen LogP contribution in [0, 0.1) is 6.92 Å². The van der Waals surface area contributed by atoms with Crippen LogP contribution in [0.2, 0.25) is 15.1 Å². The van der Waals surface area contributed by atoms with E-state index >= 15 is 0 Å². The van der Waals surface area contributed by atoms with Crippen molar-refractivity contribution in [2.75, 3.05) is 0 Å². The predicted molar refractivity (Wildman–Crippen MR) is 137 cm³/mol. The molecule has 4 aromatic rings. The number of nitrogens with zero attached hydrogens (tertiary/aromatic N) is 2. The smallest absolute Gasteiger partial charge is 0.416 e. The van der Waals surface area contributed by atoms with Crippen LogP contribution in [-0.4, -0.2) is 31.9 Å². The van der Waals surface area contributed by atoms with Crippen LogP contribution in [-0.2, 0) is 6.54 Å². The Hall–Kier alpha value is -2.57. The van der Waals surface area contributed by atoms with E-state index in [-0.39, 0.29) is 21.1 Å². The maximum Gasteiger partial charge on any atom is 0.416 e. The summed E-state index contributed by atoms with van der Waals surface area (Å²) in [5.74, 6) is 0.103. The minimum absolute atomic E-state index is 0.0213. The number of rotatable bonds is 6. The molecule has 7 nitrogen and oxygen atoms in total. The van der Waals surface area contributed by atoms with E-state index in [0.29, 0.717) is 36.2 Å². The van der Waals surface area contributed by atoms with E-state index in [1.54, 1.807) is 32.0 Å². The number of hydrogen-bond donors (Lipinski definition) is 2. The quantitative estimate of drug-likeness (QED) is 0.279. The molecule has 1 unspecified atom stereocenters. The van der Waals surface area contributed by atoms with Gasteiger partial charge in [0.25, 0.3) is 5.56 Å². The molecule has 2 atom stereocenters. The highest BCUT2D eigenvalue weighted by Crippen LogP contribution is 2.39. The summed E-state index contributed by atoms with van der Waals surface area (Å²) < 4.78 is 45.4. The van der Waals surface area contributed by atoms with E-state index in [2.05, 4.69) is 4.98 Å². The minimum Gasteiger partial charge on any atom is -0.469 e. The Balaban J connectivity index is 1.72. The Morgan fingerprint density at radius 3 is 2.51 bits per heavy atom. The normalized spacial score (nSPS) is 13.6. The van der Waals surface area contributed by atoms with E-state index in [9.17, 15) is 27.9 Å². The average Bonchev–Trinajstić information content (AvgIpc) is 3.14. The molecule has 2 N–H and O–H groups in total. The van der Waals surface area contributed by atoms with Crippen molar-refractivity contribution in [2.24, 2.45) is 0 Å². The number of alkyl halides is 3. The Kier molecular flexibility index (Phi) is 7.64. The average molecular weight is 595 g/mol. The van der Waals surface area contributed by atoms with Gasteiger partial charge in [-0.1, -0.05) is 40.9 Å². The molecule has 0 saturated carbocycles. The zero-order chi connectivity index (χ0) is 27.2. The number of aliphatic hydroxyl groups excluding tert-OH is 1. The van der Waals surface area contributed by atoms with Crippen LogP contribution in [0.15, 0.2) is 40.1 Å². The fourth-order valence-corrected chi connectivity index (χ4v) is 5.76. The molecule has 1 aromatic carbocycles. The summed E-state index contributed by atoms with van der Waals surface area (Å²) in [5.41, 5.74) is -0.312. The number of H-pyrrole nitrogens is 1. The minimum atomic E-state index is -4.95. The van der Waals surface area contributed by atoms with Crippen molar-refractivity contribution < 1.29 is 23.0 Å². The summed E-state index contributed by atoms with van der Waals surface area (Å²) in [5, 5.41) is 10.5. The lowest BCUT2D eigenvalue weighted by Crippen LogP contribution is -2.38. The fraction of sp³-hybridized carbons (Fsp3) is 0.261. The number of hydrogen-bond acceptors (Lipinski definition) is 6. The number of benzene rings is 1. The van der Waals surface area contributed by atoms with E-state index in [4.69, 9.17) is 39.5 Å². The topological polar surface area (TPSA) is 97.2 Å². The number of aliphatic hydroxyl groups is 1. The maximum atomic E-state index is 12.9. The molecule has 14 heteroatoms. The molecule has 3 aromatic heterocycles. The summed E-state index contributed by atoms with van der Waals surface area (Å²) in [6, 6.07) is 6.49. The van der Waals surface area contributed by atoms with Gasteiger partial charge in [0.15, 0.2) is 6.10 Å². The number of nitrogens with one attached hydrogen (secondary N) is 1. The lowest BCUT2D eigenvalue weighted by Gasteiger charge is -2.17. The molecule has 0 bridgehead atoms. The first kappa shape index (κ1) is 27.5. The molecule has 0 aliphatic heterocycles. The number of aromatic amines is 1. The lowest BCUT2D eigenvalue weighted by atomic mass is 10.1. The first-order valence-electron chi connectivity index (χ1n) is 10.6. The molecular formula is C23H17Cl3F3N3O4S. The van der Waals surface area contributed by atoms with Crippen LogP contribution in [0.25, 0.3) is 20.7 Å². The second-order valence-electron chi connectivity index (χ2n) is 8.10.